The minimum absolute atomic E-state index is 0.303. The minimum Gasteiger partial charge on any atom is -0.469 e. The second-order valence-electron chi connectivity index (χ2n) is 8.00. The van der Waals surface area contributed by atoms with Crippen LogP contribution in [0.15, 0.2) is 27.8 Å². The lowest BCUT2D eigenvalue weighted by molar-refractivity contribution is -0.0721. The van der Waals surface area contributed by atoms with Gasteiger partial charge in [-0.15, -0.1) is 0 Å². The largest absolute Gasteiger partial charge is 0.469 e. The standard InChI is InChI=1S/C22H37N3O3/c1-3-18(2)24-22(23-12-9-19-8-6-16-26-19)25-13-10-20(11-14-25)28-17-21-7-4-5-15-27-21/h6,8,16,18,20-21H,3-5,7,9-15,17H2,1-2H3,(H,23,24). The number of aliphatic imine (C=N–C) groups is 1. The fourth-order valence-electron chi connectivity index (χ4n) is 3.70. The highest BCUT2D eigenvalue weighted by atomic mass is 16.5. The first-order valence-corrected chi connectivity index (χ1v) is 11.1. The van der Waals surface area contributed by atoms with Crippen molar-refractivity contribution in [2.45, 2.75) is 77.0 Å². The summed E-state index contributed by atoms with van der Waals surface area (Å²) >= 11 is 0. The van der Waals surface area contributed by atoms with E-state index in [2.05, 4.69) is 24.1 Å². The number of likely N-dealkylation sites (tertiary alicyclic amines) is 1. The summed E-state index contributed by atoms with van der Waals surface area (Å²) in [5, 5.41) is 3.60. The Balaban J connectivity index is 1.45. The number of hydrogen-bond acceptors (Lipinski definition) is 4. The topological polar surface area (TPSA) is 59.2 Å². The average Bonchev–Trinajstić information content (AvgIpc) is 3.26. The van der Waals surface area contributed by atoms with E-state index in [0.717, 1.165) is 76.7 Å². The van der Waals surface area contributed by atoms with Crippen molar-refractivity contribution in [3.63, 3.8) is 0 Å². The summed E-state index contributed by atoms with van der Waals surface area (Å²) in [7, 11) is 0. The summed E-state index contributed by atoms with van der Waals surface area (Å²) in [6.45, 7) is 8.76. The van der Waals surface area contributed by atoms with Gasteiger partial charge >= 0.3 is 0 Å². The zero-order chi connectivity index (χ0) is 19.6. The SMILES string of the molecule is CCC(C)NC(=NCCc1ccco1)N1CCC(OCC2CCCCO2)CC1. The molecule has 3 rings (SSSR count). The molecule has 1 N–H and O–H groups in total. The highest BCUT2D eigenvalue weighted by molar-refractivity contribution is 5.80. The lowest BCUT2D eigenvalue weighted by Crippen LogP contribution is -2.49. The van der Waals surface area contributed by atoms with Gasteiger partial charge in [0, 0.05) is 38.7 Å². The number of hydrogen-bond donors (Lipinski definition) is 1. The Morgan fingerprint density at radius 1 is 1.32 bits per heavy atom. The van der Waals surface area contributed by atoms with Crippen LogP contribution in [0.2, 0.25) is 0 Å². The summed E-state index contributed by atoms with van der Waals surface area (Å²) in [5.74, 6) is 2.01. The third-order valence-electron chi connectivity index (χ3n) is 5.72. The van der Waals surface area contributed by atoms with Gasteiger partial charge in [0.25, 0.3) is 0 Å². The van der Waals surface area contributed by atoms with Crippen LogP contribution in [-0.2, 0) is 15.9 Å². The number of furan rings is 1. The number of guanidine groups is 1. The molecule has 0 radical (unpaired) electrons. The van der Waals surface area contributed by atoms with Crippen molar-refractivity contribution in [1.29, 1.82) is 0 Å². The van der Waals surface area contributed by atoms with E-state index in [0.29, 0.717) is 18.2 Å². The van der Waals surface area contributed by atoms with Crippen molar-refractivity contribution in [2.24, 2.45) is 4.99 Å². The zero-order valence-electron chi connectivity index (χ0n) is 17.6. The Morgan fingerprint density at radius 2 is 2.18 bits per heavy atom. The van der Waals surface area contributed by atoms with Crippen LogP contribution in [0.5, 0.6) is 0 Å². The molecule has 2 atom stereocenters. The highest BCUT2D eigenvalue weighted by Gasteiger charge is 2.24. The van der Waals surface area contributed by atoms with Crippen LogP contribution in [-0.4, -0.2) is 62.0 Å². The summed E-state index contributed by atoms with van der Waals surface area (Å²) in [5.41, 5.74) is 0. The first-order valence-electron chi connectivity index (χ1n) is 11.1. The molecule has 0 amide bonds. The van der Waals surface area contributed by atoms with Gasteiger partial charge in [-0.3, -0.25) is 4.99 Å². The molecule has 2 unspecified atom stereocenters. The maximum atomic E-state index is 6.16. The molecular formula is C22H37N3O3. The quantitative estimate of drug-likeness (QED) is 0.542. The number of piperidine rings is 1. The van der Waals surface area contributed by atoms with E-state index < -0.39 is 0 Å². The Labute approximate surface area is 169 Å². The highest BCUT2D eigenvalue weighted by Crippen LogP contribution is 2.18. The third kappa shape index (κ3) is 6.82. The van der Waals surface area contributed by atoms with Gasteiger partial charge in [-0.05, 0) is 57.6 Å². The maximum absolute atomic E-state index is 6.16. The zero-order valence-corrected chi connectivity index (χ0v) is 17.6. The number of nitrogens with zero attached hydrogens (tertiary/aromatic N) is 2. The van der Waals surface area contributed by atoms with Crippen LogP contribution in [0.25, 0.3) is 0 Å². The molecule has 2 fully saturated rings. The molecule has 0 aromatic carbocycles. The van der Waals surface area contributed by atoms with Crippen LogP contribution < -0.4 is 5.32 Å². The van der Waals surface area contributed by atoms with Gasteiger partial charge < -0.3 is 24.1 Å². The first-order chi connectivity index (χ1) is 13.7. The summed E-state index contributed by atoms with van der Waals surface area (Å²) in [6.07, 6.45) is 9.99. The molecule has 1 aromatic rings. The fraction of sp³-hybridized carbons (Fsp3) is 0.773. The Kier molecular flexibility index (Phi) is 8.68. The molecule has 2 aliphatic heterocycles. The molecule has 6 heteroatoms. The second kappa shape index (κ2) is 11.5. The molecule has 0 saturated carbocycles. The molecule has 0 bridgehead atoms. The van der Waals surface area contributed by atoms with Crippen LogP contribution in [0, 0.1) is 0 Å². The van der Waals surface area contributed by atoms with E-state index in [-0.39, 0.29) is 0 Å². The fourth-order valence-corrected chi connectivity index (χ4v) is 3.70. The summed E-state index contributed by atoms with van der Waals surface area (Å²) < 4.78 is 17.4. The van der Waals surface area contributed by atoms with Gasteiger partial charge in [-0.1, -0.05) is 6.92 Å². The molecule has 3 heterocycles. The lowest BCUT2D eigenvalue weighted by atomic mass is 10.1. The van der Waals surface area contributed by atoms with Gasteiger partial charge in [0.2, 0.25) is 0 Å². The molecule has 0 aliphatic carbocycles. The molecule has 0 spiro atoms. The summed E-state index contributed by atoms with van der Waals surface area (Å²) in [6, 6.07) is 4.36. The molecule has 2 saturated heterocycles. The number of ether oxygens (including phenoxy) is 2. The van der Waals surface area contributed by atoms with Gasteiger partial charge in [0.05, 0.1) is 25.1 Å². The average molecular weight is 392 g/mol. The Hall–Kier alpha value is -1.53. The van der Waals surface area contributed by atoms with Crippen molar-refractivity contribution < 1.29 is 13.9 Å². The van der Waals surface area contributed by atoms with E-state index >= 15 is 0 Å². The van der Waals surface area contributed by atoms with E-state index in [1.54, 1.807) is 6.26 Å². The normalized spacial score (nSPS) is 23.0. The van der Waals surface area contributed by atoms with Crippen molar-refractivity contribution in [2.75, 3.05) is 32.8 Å². The molecular weight excluding hydrogens is 354 g/mol. The summed E-state index contributed by atoms with van der Waals surface area (Å²) in [4.78, 5) is 7.25. The van der Waals surface area contributed by atoms with E-state index in [9.17, 15) is 0 Å². The van der Waals surface area contributed by atoms with Crippen LogP contribution in [0.4, 0.5) is 0 Å². The lowest BCUT2D eigenvalue weighted by Gasteiger charge is -2.36. The maximum Gasteiger partial charge on any atom is 0.194 e. The minimum atomic E-state index is 0.303. The van der Waals surface area contributed by atoms with E-state index in [1.165, 1.54) is 12.8 Å². The van der Waals surface area contributed by atoms with Crippen LogP contribution >= 0.6 is 0 Å². The van der Waals surface area contributed by atoms with E-state index in [1.807, 2.05) is 12.1 Å². The molecule has 28 heavy (non-hydrogen) atoms. The molecule has 1 aromatic heterocycles. The van der Waals surface area contributed by atoms with Crippen molar-refractivity contribution in [3.8, 4) is 0 Å². The second-order valence-corrected chi connectivity index (χ2v) is 8.00. The van der Waals surface area contributed by atoms with Gasteiger partial charge in [-0.2, -0.15) is 0 Å². The van der Waals surface area contributed by atoms with Crippen molar-refractivity contribution in [3.05, 3.63) is 24.2 Å². The predicted octanol–water partition coefficient (Wildman–Crippen LogP) is 3.62. The Bertz CT molecular complexity index is 562. The van der Waals surface area contributed by atoms with Crippen LogP contribution in [0.1, 0.15) is 58.1 Å². The Morgan fingerprint density at radius 3 is 2.86 bits per heavy atom. The van der Waals surface area contributed by atoms with Crippen molar-refractivity contribution >= 4 is 5.96 Å². The first kappa shape index (κ1) is 21.2. The van der Waals surface area contributed by atoms with Crippen molar-refractivity contribution in [1.82, 2.24) is 10.2 Å². The third-order valence-corrected chi connectivity index (χ3v) is 5.72. The molecule has 158 valence electrons. The predicted molar refractivity (Wildman–Crippen MR) is 112 cm³/mol. The van der Waals surface area contributed by atoms with Gasteiger partial charge in [0.1, 0.15) is 5.76 Å². The molecule has 6 nitrogen and oxygen atoms in total. The number of nitrogens with one attached hydrogen (secondary N) is 1. The van der Waals surface area contributed by atoms with E-state index in [4.69, 9.17) is 18.9 Å². The smallest absolute Gasteiger partial charge is 0.194 e. The van der Waals surface area contributed by atoms with Gasteiger partial charge in [0.15, 0.2) is 5.96 Å². The number of rotatable bonds is 8. The van der Waals surface area contributed by atoms with Gasteiger partial charge in [-0.25, -0.2) is 0 Å². The van der Waals surface area contributed by atoms with Crippen LogP contribution in [0.3, 0.4) is 0 Å². The monoisotopic (exact) mass is 391 g/mol. The molecule has 2 aliphatic rings.